The molecule has 0 aliphatic carbocycles. The van der Waals surface area contributed by atoms with Gasteiger partial charge in [-0.15, -0.1) is 0 Å². The normalized spacial score (nSPS) is 17.0. The third kappa shape index (κ3) is 6.96. The van der Waals surface area contributed by atoms with Gasteiger partial charge in [0.25, 0.3) is 0 Å². The number of hydrogen-bond donors (Lipinski definition) is 1. The van der Waals surface area contributed by atoms with E-state index >= 15 is 0 Å². The van der Waals surface area contributed by atoms with E-state index in [1.807, 2.05) is 13.8 Å². The molecule has 0 aromatic carbocycles. The fourth-order valence-electron chi connectivity index (χ4n) is 2.72. The third-order valence-corrected chi connectivity index (χ3v) is 4.25. The second-order valence-corrected chi connectivity index (χ2v) is 5.74. The highest BCUT2D eigenvalue weighted by Gasteiger charge is 2.31. The molecular formula is C15H28F3N3O. The van der Waals surface area contributed by atoms with Crippen molar-refractivity contribution in [1.82, 2.24) is 15.1 Å². The molecule has 1 amide bonds. The number of piperidine rings is 1. The van der Waals surface area contributed by atoms with Gasteiger partial charge in [-0.25, -0.2) is 0 Å². The van der Waals surface area contributed by atoms with E-state index in [0.717, 1.165) is 26.2 Å². The summed E-state index contributed by atoms with van der Waals surface area (Å²) in [5.74, 6) is -0.246. The lowest BCUT2D eigenvalue weighted by Gasteiger charge is -2.31. The van der Waals surface area contributed by atoms with E-state index in [0.29, 0.717) is 25.9 Å². The first-order valence-corrected chi connectivity index (χ1v) is 8.16. The molecule has 0 aromatic rings. The molecular weight excluding hydrogens is 295 g/mol. The van der Waals surface area contributed by atoms with Crippen LogP contribution in [0.1, 0.15) is 33.1 Å². The Morgan fingerprint density at radius 3 is 2.18 bits per heavy atom. The molecule has 1 saturated heterocycles. The summed E-state index contributed by atoms with van der Waals surface area (Å²) in [6, 6.07) is 0. The Kier molecular flexibility index (Phi) is 8.17. The molecule has 1 fully saturated rings. The van der Waals surface area contributed by atoms with E-state index in [4.69, 9.17) is 0 Å². The molecule has 1 N–H and O–H groups in total. The van der Waals surface area contributed by atoms with Crippen molar-refractivity contribution in [2.24, 2.45) is 5.92 Å². The van der Waals surface area contributed by atoms with Crippen molar-refractivity contribution >= 4 is 5.91 Å². The summed E-state index contributed by atoms with van der Waals surface area (Å²) in [7, 11) is 0. The van der Waals surface area contributed by atoms with Crippen molar-refractivity contribution in [3.05, 3.63) is 0 Å². The minimum Gasteiger partial charge on any atom is -0.341 e. The van der Waals surface area contributed by atoms with E-state index in [2.05, 4.69) is 10.2 Å². The Morgan fingerprint density at radius 1 is 1.09 bits per heavy atom. The summed E-state index contributed by atoms with van der Waals surface area (Å²) >= 11 is 0. The lowest BCUT2D eigenvalue weighted by atomic mass is 9.96. The second-order valence-electron chi connectivity index (χ2n) is 5.74. The van der Waals surface area contributed by atoms with Crippen LogP contribution in [-0.4, -0.2) is 67.7 Å². The van der Waals surface area contributed by atoms with E-state index < -0.39 is 12.6 Å². The molecule has 0 spiro atoms. The van der Waals surface area contributed by atoms with Gasteiger partial charge in [-0.05, 0) is 39.0 Å². The van der Waals surface area contributed by atoms with Crippen LogP contribution in [0.3, 0.4) is 0 Å². The van der Waals surface area contributed by atoms with Crippen molar-refractivity contribution in [2.45, 2.75) is 39.3 Å². The molecule has 0 saturated carbocycles. The molecule has 4 nitrogen and oxygen atoms in total. The molecule has 130 valence electrons. The molecule has 0 bridgehead atoms. The number of carbonyl (C=O) groups is 1. The van der Waals surface area contributed by atoms with Crippen molar-refractivity contribution in [1.29, 1.82) is 0 Å². The number of amides is 1. The van der Waals surface area contributed by atoms with Gasteiger partial charge in [-0.2, -0.15) is 13.2 Å². The summed E-state index contributed by atoms with van der Waals surface area (Å²) in [5, 5.41) is 3.17. The van der Waals surface area contributed by atoms with E-state index in [1.165, 1.54) is 4.90 Å². The summed E-state index contributed by atoms with van der Waals surface area (Å²) in [5.41, 5.74) is 0. The van der Waals surface area contributed by atoms with Crippen LogP contribution in [0.5, 0.6) is 0 Å². The summed E-state index contributed by atoms with van der Waals surface area (Å²) in [6.07, 6.45) is -3.72. The average Bonchev–Trinajstić information content (AvgIpc) is 2.50. The number of likely N-dealkylation sites (N-methyl/N-ethyl adjacent to an activating group) is 1. The van der Waals surface area contributed by atoms with Gasteiger partial charge in [0.05, 0.1) is 6.42 Å². The molecule has 22 heavy (non-hydrogen) atoms. The quantitative estimate of drug-likeness (QED) is 0.743. The van der Waals surface area contributed by atoms with Gasteiger partial charge in [-0.3, -0.25) is 4.79 Å². The van der Waals surface area contributed by atoms with Gasteiger partial charge in [0.1, 0.15) is 0 Å². The van der Waals surface area contributed by atoms with Crippen LogP contribution in [0.15, 0.2) is 0 Å². The fraction of sp³-hybridized carbons (Fsp3) is 0.933. The van der Waals surface area contributed by atoms with Crippen LogP contribution in [0, 0.1) is 5.92 Å². The molecule has 1 rings (SSSR count). The smallest absolute Gasteiger partial charge is 0.341 e. The minimum atomic E-state index is -4.22. The Labute approximate surface area is 131 Å². The van der Waals surface area contributed by atoms with Gasteiger partial charge in [0.15, 0.2) is 0 Å². The number of nitrogens with zero attached hydrogens (tertiary/aromatic N) is 2. The maximum Gasteiger partial charge on any atom is 0.390 e. The molecule has 0 aromatic heterocycles. The predicted octanol–water partition coefficient (Wildman–Crippen LogP) is 2.11. The molecule has 1 heterocycles. The van der Waals surface area contributed by atoms with Crippen molar-refractivity contribution in [3.8, 4) is 0 Å². The number of halogens is 3. The lowest BCUT2D eigenvalue weighted by Crippen LogP contribution is -2.45. The zero-order chi connectivity index (χ0) is 16.6. The first kappa shape index (κ1) is 19.2. The van der Waals surface area contributed by atoms with Gasteiger partial charge < -0.3 is 15.1 Å². The highest BCUT2D eigenvalue weighted by Crippen LogP contribution is 2.21. The van der Waals surface area contributed by atoms with Crippen LogP contribution >= 0.6 is 0 Å². The summed E-state index contributed by atoms with van der Waals surface area (Å²) in [4.78, 5) is 16.1. The summed E-state index contributed by atoms with van der Waals surface area (Å²) < 4.78 is 37.5. The van der Waals surface area contributed by atoms with Crippen molar-refractivity contribution in [3.63, 3.8) is 0 Å². The number of rotatable bonds is 8. The SMILES string of the molecule is CCN(CC)CCN(CCC(F)(F)F)C(=O)C1CCNCC1. The molecule has 1 aliphatic heterocycles. The van der Waals surface area contributed by atoms with Crippen LogP contribution in [0.25, 0.3) is 0 Å². The Hall–Kier alpha value is -0.820. The van der Waals surface area contributed by atoms with Crippen molar-refractivity contribution in [2.75, 3.05) is 45.8 Å². The van der Waals surface area contributed by atoms with E-state index in [9.17, 15) is 18.0 Å². The van der Waals surface area contributed by atoms with Crippen molar-refractivity contribution < 1.29 is 18.0 Å². The Morgan fingerprint density at radius 2 is 1.68 bits per heavy atom. The maximum atomic E-state index is 12.5. The maximum absolute atomic E-state index is 12.5. The van der Waals surface area contributed by atoms with E-state index in [1.54, 1.807) is 0 Å². The number of hydrogen-bond acceptors (Lipinski definition) is 3. The van der Waals surface area contributed by atoms with Crippen LogP contribution in [0.4, 0.5) is 13.2 Å². The molecule has 0 unspecified atom stereocenters. The number of nitrogens with one attached hydrogen (secondary N) is 1. The second kappa shape index (κ2) is 9.35. The Balaban J connectivity index is 2.60. The molecule has 1 aliphatic rings. The highest BCUT2D eigenvalue weighted by molar-refractivity contribution is 5.79. The van der Waals surface area contributed by atoms with Gasteiger partial charge in [-0.1, -0.05) is 13.8 Å². The van der Waals surface area contributed by atoms with E-state index in [-0.39, 0.29) is 18.4 Å². The first-order valence-electron chi connectivity index (χ1n) is 8.16. The lowest BCUT2D eigenvalue weighted by molar-refractivity contribution is -0.148. The minimum absolute atomic E-state index is 0.113. The standard InChI is InChI=1S/C15H28F3N3O/c1-3-20(4-2)11-12-21(10-7-15(16,17)18)14(22)13-5-8-19-9-6-13/h13,19H,3-12H2,1-2H3. The molecule has 7 heteroatoms. The highest BCUT2D eigenvalue weighted by atomic mass is 19.4. The van der Waals surface area contributed by atoms with Gasteiger partial charge >= 0.3 is 6.18 Å². The molecule has 0 atom stereocenters. The zero-order valence-electron chi connectivity index (χ0n) is 13.6. The number of alkyl halides is 3. The topological polar surface area (TPSA) is 35.6 Å². The largest absolute Gasteiger partial charge is 0.390 e. The zero-order valence-corrected chi connectivity index (χ0v) is 13.6. The Bertz CT molecular complexity index is 326. The first-order chi connectivity index (χ1) is 10.4. The monoisotopic (exact) mass is 323 g/mol. The average molecular weight is 323 g/mol. The predicted molar refractivity (Wildman–Crippen MR) is 80.6 cm³/mol. The molecule has 0 radical (unpaired) electrons. The number of carbonyl (C=O) groups excluding carboxylic acids is 1. The van der Waals surface area contributed by atoms with Gasteiger partial charge in [0.2, 0.25) is 5.91 Å². The van der Waals surface area contributed by atoms with Gasteiger partial charge in [0, 0.05) is 25.6 Å². The third-order valence-electron chi connectivity index (χ3n) is 4.25. The van der Waals surface area contributed by atoms with Crippen LogP contribution < -0.4 is 5.32 Å². The van der Waals surface area contributed by atoms with Crippen LogP contribution in [-0.2, 0) is 4.79 Å². The van der Waals surface area contributed by atoms with Crippen LogP contribution in [0.2, 0.25) is 0 Å². The fourth-order valence-corrected chi connectivity index (χ4v) is 2.72. The summed E-state index contributed by atoms with van der Waals surface area (Å²) in [6.45, 7) is 8.00.